The third-order valence-corrected chi connectivity index (χ3v) is 3.72. The van der Waals surface area contributed by atoms with Crippen molar-refractivity contribution in [3.63, 3.8) is 0 Å². The molecule has 0 saturated heterocycles. The van der Waals surface area contributed by atoms with E-state index in [1.54, 1.807) is 7.11 Å². The van der Waals surface area contributed by atoms with E-state index in [0.29, 0.717) is 12.0 Å². The van der Waals surface area contributed by atoms with Gasteiger partial charge in [0.15, 0.2) is 0 Å². The number of rotatable bonds is 8. The monoisotopic (exact) mass is 243 g/mol. The number of ether oxygens (including phenoxy) is 1. The Balaban J connectivity index is 2.19. The van der Waals surface area contributed by atoms with Crippen LogP contribution in [0.3, 0.4) is 0 Å². The number of aliphatic hydroxyl groups excluding tert-OH is 1. The van der Waals surface area contributed by atoms with E-state index in [0.717, 1.165) is 26.0 Å². The van der Waals surface area contributed by atoms with Crippen molar-refractivity contribution in [2.45, 2.75) is 64.0 Å². The molecule has 0 spiro atoms. The summed E-state index contributed by atoms with van der Waals surface area (Å²) < 4.78 is 5.25. The molecule has 17 heavy (non-hydrogen) atoms. The Morgan fingerprint density at radius 3 is 2.88 bits per heavy atom. The van der Waals surface area contributed by atoms with E-state index in [2.05, 4.69) is 12.2 Å². The fourth-order valence-electron chi connectivity index (χ4n) is 2.68. The van der Waals surface area contributed by atoms with E-state index < -0.39 is 0 Å². The molecule has 102 valence electrons. The average Bonchev–Trinajstić information content (AvgIpc) is 2.33. The van der Waals surface area contributed by atoms with Gasteiger partial charge in [-0.25, -0.2) is 0 Å². The first-order chi connectivity index (χ1) is 8.26. The largest absolute Gasteiger partial charge is 0.393 e. The SMILES string of the molecule is CCCCC(COC)NCC1CCCC(O)C1. The topological polar surface area (TPSA) is 41.5 Å². The van der Waals surface area contributed by atoms with Crippen molar-refractivity contribution >= 4 is 0 Å². The first kappa shape index (κ1) is 14.9. The molecule has 0 radical (unpaired) electrons. The fourth-order valence-corrected chi connectivity index (χ4v) is 2.68. The summed E-state index contributed by atoms with van der Waals surface area (Å²) in [4.78, 5) is 0. The lowest BCUT2D eigenvalue weighted by Crippen LogP contribution is -2.38. The Morgan fingerprint density at radius 1 is 1.41 bits per heavy atom. The molecule has 1 saturated carbocycles. The molecule has 1 aliphatic carbocycles. The molecule has 3 atom stereocenters. The number of methoxy groups -OCH3 is 1. The van der Waals surface area contributed by atoms with Crippen LogP contribution in [0.2, 0.25) is 0 Å². The number of hydrogen-bond donors (Lipinski definition) is 2. The van der Waals surface area contributed by atoms with Gasteiger partial charge in [-0.1, -0.05) is 26.2 Å². The third kappa shape index (κ3) is 6.39. The molecule has 0 aromatic carbocycles. The minimum atomic E-state index is -0.0629. The second-order valence-corrected chi connectivity index (χ2v) is 5.39. The van der Waals surface area contributed by atoms with Crippen molar-refractivity contribution in [2.75, 3.05) is 20.3 Å². The smallest absolute Gasteiger partial charge is 0.0615 e. The van der Waals surface area contributed by atoms with Crippen LogP contribution in [0, 0.1) is 5.92 Å². The average molecular weight is 243 g/mol. The maximum absolute atomic E-state index is 9.64. The minimum absolute atomic E-state index is 0.0629. The number of aliphatic hydroxyl groups is 1. The predicted octanol–water partition coefficient (Wildman–Crippen LogP) is 2.33. The first-order valence-electron chi connectivity index (χ1n) is 7.16. The van der Waals surface area contributed by atoms with Crippen LogP contribution < -0.4 is 5.32 Å². The van der Waals surface area contributed by atoms with E-state index in [9.17, 15) is 5.11 Å². The number of hydrogen-bond acceptors (Lipinski definition) is 3. The summed E-state index contributed by atoms with van der Waals surface area (Å²) in [5.41, 5.74) is 0. The minimum Gasteiger partial charge on any atom is -0.393 e. The number of nitrogens with one attached hydrogen (secondary N) is 1. The fraction of sp³-hybridized carbons (Fsp3) is 1.00. The van der Waals surface area contributed by atoms with Crippen molar-refractivity contribution in [1.29, 1.82) is 0 Å². The summed E-state index contributed by atoms with van der Waals surface area (Å²) in [7, 11) is 1.77. The van der Waals surface area contributed by atoms with Crippen LogP contribution in [-0.2, 0) is 4.74 Å². The summed E-state index contributed by atoms with van der Waals surface area (Å²) in [6.45, 7) is 4.06. The summed E-state index contributed by atoms with van der Waals surface area (Å²) in [5, 5.41) is 13.2. The molecule has 0 aromatic heterocycles. The van der Waals surface area contributed by atoms with E-state index in [1.807, 2.05) is 0 Å². The molecule has 0 heterocycles. The molecular formula is C14H29NO2. The predicted molar refractivity (Wildman–Crippen MR) is 71.2 cm³/mol. The quantitative estimate of drug-likeness (QED) is 0.687. The molecule has 0 aliphatic heterocycles. The van der Waals surface area contributed by atoms with Crippen LogP contribution in [-0.4, -0.2) is 37.5 Å². The maximum Gasteiger partial charge on any atom is 0.0615 e. The highest BCUT2D eigenvalue weighted by Gasteiger charge is 2.20. The Morgan fingerprint density at radius 2 is 2.24 bits per heavy atom. The second kappa shape index (κ2) is 8.90. The van der Waals surface area contributed by atoms with Crippen LogP contribution in [0.5, 0.6) is 0 Å². The molecule has 0 aromatic rings. The lowest BCUT2D eigenvalue weighted by molar-refractivity contribution is 0.0961. The highest BCUT2D eigenvalue weighted by molar-refractivity contribution is 4.76. The van der Waals surface area contributed by atoms with Gasteiger partial charge in [0.25, 0.3) is 0 Å². The third-order valence-electron chi connectivity index (χ3n) is 3.72. The van der Waals surface area contributed by atoms with E-state index >= 15 is 0 Å². The standard InChI is InChI=1S/C14H29NO2/c1-3-4-7-13(11-17-2)15-10-12-6-5-8-14(16)9-12/h12-16H,3-11H2,1-2H3. The molecule has 2 N–H and O–H groups in total. The van der Waals surface area contributed by atoms with Crippen LogP contribution in [0.15, 0.2) is 0 Å². The van der Waals surface area contributed by atoms with Gasteiger partial charge >= 0.3 is 0 Å². The van der Waals surface area contributed by atoms with Gasteiger partial charge < -0.3 is 15.2 Å². The molecule has 3 heteroatoms. The van der Waals surface area contributed by atoms with Crippen molar-refractivity contribution in [3.8, 4) is 0 Å². The first-order valence-corrected chi connectivity index (χ1v) is 7.16. The highest BCUT2D eigenvalue weighted by Crippen LogP contribution is 2.23. The van der Waals surface area contributed by atoms with E-state index in [1.165, 1.54) is 32.1 Å². The molecular weight excluding hydrogens is 214 g/mol. The zero-order valence-electron chi connectivity index (χ0n) is 11.5. The normalized spacial score (nSPS) is 27.0. The van der Waals surface area contributed by atoms with Gasteiger partial charge in [0.05, 0.1) is 12.7 Å². The van der Waals surface area contributed by atoms with Crippen molar-refractivity contribution < 1.29 is 9.84 Å². The second-order valence-electron chi connectivity index (χ2n) is 5.39. The van der Waals surface area contributed by atoms with Gasteiger partial charge in [0.2, 0.25) is 0 Å². The Labute approximate surface area is 106 Å². The zero-order valence-corrected chi connectivity index (χ0v) is 11.5. The molecule has 0 bridgehead atoms. The Kier molecular flexibility index (Phi) is 7.82. The zero-order chi connectivity index (χ0) is 12.5. The lowest BCUT2D eigenvalue weighted by Gasteiger charge is -2.28. The van der Waals surface area contributed by atoms with Crippen molar-refractivity contribution in [1.82, 2.24) is 5.32 Å². The van der Waals surface area contributed by atoms with Gasteiger partial charge in [-0.05, 0) is 38.1 Å². The molecule has 1 aliphatic rings. The maximum atomic E-state index is 9.64. The highest BCUT2D eigenvalue weighted by atomic mass is 16.5. The summed E-state index contributed by atoms with van der Waals surface area (Å²) in [6, 6.07) is 0.485. The van der Waals surface area contributed by atoms with Crippen molar-refractivity contribution in [3.05, 3.63) is 0 Å². The Bertz CT molecular complexity index is 187. The molecule has 1 fully saturated rings. The molecule has 1 rings (SSSR count). The lowest BCUT2D eigenvalue weighted by atomic mass is 9.87. The van der Waals surface area contributed by atoms with Gasteiger partial charge in [0.1, 0.15) is 0 Å². The van der Waals surface area contributed by atoms with Gasteiger partial charge in [0, 0.05) is 13.2 Å². The Hall–Kier alpha value is -0.120. The van der Waals surface area contributed by atoms with E-state index in [-0.39, 0.29) is 6.10 Å². The van der Waals surface area contributed by atoms with E-state index in [4.69, 9.17) is 4.74 Å². The van der Waals surface area contributed by atoms with Crippen molar-refractivity contribution in [2.24, 2.45) is 5.92 Å². The van der Waals surface area contributed by atoms with Gasteiger partial charge in [-0.15, -0.1) is 0 Å². The summed E-state index contributed by atoms with van der Waals surface area (Å²) in [5.74, 6) is 0.653. The molecule has 0 amide bonds. The van der Waals surface area contributed by atoms with Crippen LogP contribution >= 0.6 is 0 Å². The van der Waals surface area contributed by atoms with Crippen LogP contribution in [0.1, 0.15) is 51.9 Å². The molecule has 3 nitrogen and oxygen atoms in total. The van der Waals surface area contributed by atoms with Crippen LogP contribution in [0.4, 0.5) is 0 Å². The van der Waals surface area contributed by atoms with Gasteiger partial charge in [-0.3, -0.25) is 0 Å². The molecule has 3 unspecified atom stereocenters. The number of unbranched alkanes of at least 4 members (excludes halogenated alkanes) is 1. The van der Waals surface area contributed by atoms with Gasteiger partial charge in [-0.2, -0.15) is 0 Å². The summed E-state index contributed by atoms with van der Waals surface area (Å²) >= 11 is 0. The summed E-state index contributed by atoms with van der Waals surface area (Å²) in [6.07, 6.45) is 8.04. The van der Waals surface area contributed by atoms with Crippen LogP contribution in [0.25, 0.3) is 0 Å².